The van der Waals surface area contributed by atoms with Gasteiger partial charge in [0.1, 0.15) is 4.32 Å². The molecular weight excluding hydrogens is 444 g/mol. The first-order valence-electron chi connectivity index (χ1n) is 8.99. The van der Waals surface area contributed by atoms with Crippen molar-refractivity contribution in [1.82, 2.24) is 4.90 Å². The summed E-state index contributed by atoms with van der Waals surface area (Å²) in [5.41, 5.74) is 0.993. The average molecular weight is 461 g/mol. The van der Waals surface area contributed by atoms with Gasteiger partial charge in [0.15, 0.2) is 0 Å². The van der Waals surface area contributed by atoms with Crippen LogP contribution < -0.4 is 5.32 Å². The molecule has 1 aliphatic rings. The molecule has 2 aromatic carbocycles. The van der Waals surface area contributed by atoms with Crippen molar-refractivity contribution in [2.75, 3.05) is 11.9 Å². The number of nitrogens with one attached hydrogen (secondary N) is 1. The van der Waals surface area contributed by atoms with Crippen molar-refractivity contribution in [3.8, 4) is 0 Å². The van der Waals surface area contributed by atoms with E-state index >= 15 is 0 Å². The summed E-state index contributed by atoms with van der Waals surface area (Å²) in [6, 6.07) is 13.4. The maximum absolute atomic E-state index is 12.7. The second-order valence-electron chi connectivity index (χ2n) is 6.36. The molecule has 0 unspecified atom stereocenters. The molecule has 1 saturated heterocycles. The van der Waals surface area contributed by atoms with E-state index < -0.39 is 5.97 Å². The van der Waals surface area contributed by atoms with Crippen molar-refractivity contribution in [3.63, 3.8) is 0 Å². The van der Waals surface area contributed by atoms with Crippen molar-refractivity contribution in [1.29, 1.82) is 0 Å². The number of anilines is 1. The number of hydrogen-bond donors (Lipinski definition) is 2. The largest absolute Gasteiger partial charge is 0.478 e. The Labute approximate surface area is 187 Å². The number of carboxylic acids is 1. The van der Waals surface area contributed by atoms with Crippen LogP contribution in [-0.4, -0.2) is 38.7 Å². The third kappa shape index (κ3) is 5.27. The summed E-state index contributed by atoms with van der Waals surface area (Å²) >= 11 is 12.6. The van der Waals surface area contributed by atoms with Crippen molar-refractivity contribution in [2.45, 2.75) is 12.8 Å². The summed E-state index contributed by atoms with van der Waals surface area (Å²) in [6.45, 7) is 0.290. The number of aromatic carboxylic acids is 1. The molecule has 0 saturated carbocycles. The molecule has 1 aliphatic heterocycles. The predicted molar refractivity (Wildman–Crippen MR) is 123 cm³/mol. The molecule has 154 valence electrons. The fourth-order valence-electron chi connectivity index (χ4n) is 2.82. The highest BCUT2D eigenvalue weighted by molar-refractivity contribution is 8.26. The average Bonchev–Trinajstić information content (AvgIpc) is 2.97. The van der Waals surface area contributed by atoms with Crippen molar-refractivity contribution in [3.05, 3.63) is 69.6 Å². The van der Waals surface area contributed by atoms with Crippen LogP contribution >= 0.6 is 35.6 Å². The van der Waals surface area contributed by atoms with Gasteiger partial charge in [-0.05, 0) is 36.3 Å². The number of carbonyl (C=O) groups excluding carboxylic acids is 2. The van der Waals surface area contributed by atoms with Gasteiger partial charge < -0.3 is 10.4 Å². The van der Waals surface area contributed by atoms with E-state index in [1.54, 1.807) is 24.3 Å². The lowest BCUT2D eigenvalue weighted by Gasteiger charge is -2.14. The molecule has 0 aliphatic carbocycles. The highest BCUT2D eigenvalue weighted by atomic mass is 35.5. The lowest BCUT2D eigenvalue weighted by Crippen LogP contribution is -2.29. The molecule has 3 rings (SSSR count). The molecule has 9 heteroatoms. The van der Waals surface area contributed by atoms with E-state index in [1.165, 1.54) is 28.8 Å². The number of rotatable bonds is 7. The zero-order valence-electron chi connectivity index (χ0n) is 15.6. The van der Waals surface area contributed by atoms with E-state index in [0.717, 1.165) is 5.56 Å². The van der Waals surface area contributed by atoms with Gasteiger partial charge in [0.05, 0.1) is 16.2 Å². The second-order valence-corrected chi connectivity index (χ2v) is 8.44. The Balaban J connectivity index is 1.57. The number of nitrogens with zero attached hydrogens (tertiary/aromatic N) is 1. The minimum Gasteiger partial charge on any atom is -0.478 e. The van der Waals surface area contributed by atoms with Crippen LogP contribution in [0.2, 0.25) is 5.02 Å². The highest BCUT2D eigenvalue weighted by Crippen LogP contribution is 2.33. The van der Waals surface area contributed by atoms with Gasteiger partial charge in [0.25, 0.3) is 5.91 Å². The summed E-state index contributed by atoms with van der Waals surface area (Å²) in [4.78, 5) is 38.0. The second kappa shape index (κ2) is 9.88. The maximum atomic E-state index is 12.7. The Kier molecular flexibility index (Phi) is 7.25. The third-order valence-corrected chi connectivity index (χ3v) is 6.00. The SMILES string of the molecule is O=C(CCCN1C(=O)C(=Cc2ccccc2Cl)SC1=S)Nc1ccccc1C(=O)O. The van der Waals surface area contributed by atoms with Crippen LogP contribution in [0, 0.1) is 0 Å². The minimum absolute atomic E-state index is 0.0208. The smallest absolute Gasteiger partial charge is 0.337 e. The Morgan fingerprint density at radius 2 is 1.87 bits per heavy atom. The van der Waals surface area contributed by atoms with Gasteiger partial charge in [-0.1, -0.05) is 65.9 Å². The van der Waals surface area contributed by atoms with E-state index in [2.05, 4.69) is 5.32 Å². The highest BCUT2D eigenvalue weighted by Gasteiger charge is 2.31. The normalized spacial score (nSPS) is 15.0. The molecule has 0 bridgehead atoms. The molecule has 1 fully saturated rings. The molecule has 2 amide bonds. The van der Waals surface area contributed by atoms with Crippen LogP contribution in [0.5, 0.6) is 0 Å². The molecule has 0 radical (unpaired) electrons. The van der Waals surface area contributed by atoms with E-state index in [0.29, 0.717) is 27.2 Å². The van der Waals surface area contributed by atoms with E-state index in [-0.39, 0.29) is 29.5 Å². The Morgan fingerprint density at radius 1 is 1.17 bits per heavy atom. The molecular formula is C21H17ClN2O4S2. The van der Waals surface area contributed by atoms with E-state index in [9.17, 15) is 19.5 Å². The first-order chi connectivity index (χ1) is 14.4. The molecule has 1 heterocycles. The van der Waals surface area contributed by atoms with Crippen molar-refractivity contribution in [2.24, 2.45) is 0 Å². The fourth-order valence-corrected chi connectivity index (χ4v) is 4.30. The summed E-state index contributed by atoms with van der Waals surface area (Å²) in [5.74, 6) is -1.67. The number of carboxylic acid groups (broad SMARTS) is 1. The number of para-hydroxylation sites is 1. The number of thiocarbonyl (C=S) groups is 1. The van der Waals surface area contributed by atoms with Gasteiger partial charge in [0, 0.05) is 18.0 Å². The summed E-state index contributed by atoms with van der Waals surface area (Å²) in [5, 5.41) is 12.3. The van der Waals surface area contributed by atoms with Crippen molar-refractivity contribution < 1.29 is 19.5 Å². The molecule has 2 aromatic rings. The molecule has 2 N–H and O–H groups in total. The van der Waals surface area contributed by atoms with E-state index in [1.807, 2.05) is 18.2 Å². The molecule has 0 aromatic heterocycles. The Bertz CT molecular complexity index is 1050. The number of thioether (sulfide) groups is 1. The van der Waals surface area contributed by atoms with Crippen LogP contribution in [0.4, 0.5) is 5.69 Å². The summed E-state index contributed by atoms with van der Waals surface area (Å²) < 4.78 is 0.426. The van der Waals surface area contributed by atoms with Crippen LogP contribution in [0.1, 0.15) is 28.8 Å². The number of halogens is 1. The summed E-state index contributed by atoms with van der Waals surface area (Å²) in [7, 11) is 0. The van der Waals surface area contributed by atoms with Crippen molar-refractivity contribution >= 4 is 69.4 Å². The molecule has 0 atom stereocenters. The molecule has 30 heavy (non-hydrogen) atoms. The van der Waals surface area contributed by atoms with Crippen LogP contribution in [0.25, 0.3) is 6.08 Å². The zero-order valence-corrected chi connectivity index (χ0v) is 18.0. The first-order valence-corrected chi connectivity index (χ1v) is 10.6. The fraction of sp³-hybridized carbons (Fsp3) is 0.143. The number of hydrogen-bond acceptors (Lipinski definition) is 5. The van der Waals surface area contributed by atoms with Gasteiger partial charge in [0.2, 0.25) is 5.91 Å². The van der Waals surface area contributed by atoms with Crippen LogP contribution in [0.3, 0.4) is 0 Å². The molecule has 6 nitrogen and oxygen atoms in total. The molecule has 0 spiro atoms. The number of benzene rings is 2. The van der Waals surface area contributed by atoms with Gasteiger partial charge in [-0.2, -0.15) is 0 Å². The lowest BCUT2D eigenvalue weighted by atomic mass is 10.1. The monoisotopic (exact) mass is 460 g/mol. The third-order valence-electron chi connectivity index (χ3n) is 4.28. The lowest BCUT2D eigenvalue weighted by molar-refractivity contribution is -0.122. The summed E-state index contributed by atoms with van der Waals surface area (Å²) in [6.07, 6.45) is 2.21. The minimum atomic E-state index is -1.12. The van der Waals surface area contributed by atoms with Gasteiger partial charge in [-0.3, -0.25) is 14.5 Å². The van der Waals surface area contributed by atoms with Gasteiger partial charge >= 0.3 is 5.97 Å². The van der Waals surface area contributed by atoms with Gasteiger partial charge in [-0.15, -0.1) is 0 Å². The topological polar surface area (TPSA) is 86.7 Å². The number of carbonyl (C=O) groups is 3. The maximum Gasteiger partial charge on any atom is 0.337 e. The number of amides is 2. The predicted octanol–water partition coefficient (Wildman–Crippen LogP) is 4.66. The van der Waals surface area contributed by atoms with Crippen LogP contribution in [0.15, 0.2) is 53.4 Å². The standard InChI is InChI=1S/C21H17ClN2O4S2/c22-15-8-3-1-6-13(15)12-17-19(26)24(21(29)30-17)11-5-10-18(25)23-16-9-4-2-7-14(16)20(27)28/h1-4,6-9,12H,5,10-11H2,(H,23,25)(H,27,28). The quantitative estimate of drug-likeness (QED) is 0.461. The van der Waals surface area contributed by atoms with Crippen LogP contribution in [-0.2, 0) is 9.59 Å². The first kappa shape index (κ1) is 22.0. The zero-order chi connectivity index (χ0) is 21.7. The van der Waals surface area contributed by atoms with Gasteiger partial charge in [-0.25, -0.2) is 4.79 Å². The Hall–Kier alpha value is -2.68. The Morgan fingerprint density at radius 3 is 2.60 bits per heavy atom. The van der Waals surface area contributed by atoms with E-state index in [4.69, 9.17) is 23.8 Å².